The minimum atomic E-state index is -0.623. The summed E-state index contributed by atoms with van der Waals surface area (Å²) in [5, 5.41) is 6.10. The predicted octanol–water partition coefficient (Wildman–Crippen LogP) is 3.25. The number of carbonyl (C=O) groups is 2. The monoisotopic (exact) mass is 540 g/mol. The normalized spacial score (nSPS) is 14.8. The molecular weight excluding hydrogens is 508 g/mol. The predicted molar refractivity (Wildman–Crippen MR) is 154 cm³/mol. The average Bonchev–Trinajstić information content (AvgIpc) is 3.47. The molecule has 1 aliphatic heterocycles. The van der Waals surface area contributed by atoms with Crippen LogP contribution in [0.25, 0.3) is 16.6 Å². The molecule has 3 aromatic carbocycles. The summed E-state index contributed by atoms with van der Waals surface area (Å²) in [6, 6.07) is 19.2. The number of para-hydroxylation sites is 1. The van der Waals surface area contributed by atoms with Crippen molar-refractivity contribution in [2.24, 2.45) is 0 Å². The molecule has 0 bridgehead atoms. The summed E-state index contributed by atoms with van der Waals surface area (Å²) in [4.78, 5) is 52.5. The van der Waals surface area contributed by atoms with E-state index in [1.165, 1.54) is 4.57 Å². The van der Waals surface area contributed by atoms with Gasteiger partial charge in [-0.25, -0.2) is 9.36 Å². The number of nitrogens with one attached hydrogen (secondary N) is 2. The van der Waals surface area contributed by atoms with Gasteiger partial charge in [0.25, 0.3) is 5.56 Å². The molecule has 0 radical (unpaired) electrons. The second-order valence-corrected chi connectivity index (χ2v) is 10.2. The van der Waals surface area contributed by atoms with Crippen LogP contribution in [0.1, 0.15) is 29.5 Å². The van der Waals surface area contributed by atoms with Crippen LogP contribution < -0.4 is 21.9 Å². The summed E-state index contributed by atoms with van der Waals surface area (Å²) in [5.74, 6) is -0.501. The van der Waals surface area contributed by atoms with E-state index >= 15 is 0 Å². The minimum Gasteiger partial charge on any atom is -0.376 e. The van der Waals surface area contributed by atoms with Gasteiger partial charge in [0.1, 0.15) is 6.54 Å². The van der Waals surface area contributed by atoms with Gasteiger partial charge in [-0.15, -0.1) is 0 Å². The van der Waals surface area contributed by atoms with Crippen LogP contribution in [0.3, 0.4) is 0 Å². The maximum Gasteiger partial charge on any atom is 0.336 e. The van der Waals surface area contributed by atoms with Gasteiger partial charge in [0.2, 0.25) is 11.8 Å². The fraction of sp³-hybridized carbons (Fsp3) is 0.290. The fourth-order valence-corrected chi connectivity index (χ4v) is 4.95. The summed E-state index contributed by atoms with van der Waals surface area (Å²) >= 11 is 0. The van der Waals surface area contributed by atoms with E-state index in [9.17, 15) is 19.2 Å². The van der Waals surface area contributed by atoms with E-state index in [4.69, 9.17) is 4.74 Å². The first-order valence-corrected chi connectivity index (χ1v) is 13.4. The van der Waals surface area contributed by atoms with Crippen LogP contribution in [0.4, 0.5) is 5.69 Å². The van der Waals surface area contributed by atoms with Crippen molar-refractivity contribution < 1.29 is 14.3 Å². The third kappa shape index (κ3) is 5.89. The number of anilines is 1. The van der Waals surface area contributed by atoms with Crippen LogP contribution in [0.15, 0.2) is 76.3 Å². The van der Waals surface area contributed by atoms with Gasteiger partial charge >= 0.3 is 5.69 Å². The number of aromatic nitrogens is 2. The molecule has 1 aromatic heterocycles. The number of nitrogens with zero attached hydrogens (tertiary/aromatic N) is 2. The number of aryl methyl sites for hydroxylation is 2. The summed E-state index contributed by atoms with van der Waals surface area (Å²) < 4.78 is 7.91. The molecule has 1 atom stereocenters. The number of rotatable bonds is 8. The zero-order valence-corrected chi connectivity index (χ0v) is 22.6. The Balaban J connectivity index is 1.41. The molecule has 5 rings (SSSR count). The Hall–Kier alpha value is -4.50. The Labute approximate surface area is 231 Å². The largest absolute Gasteiger partial charge is 0.376 e. The van der Waals surface area contributed by atoms with Crippen LogP contribution in [0, 0.1) is 13.8 Å². The number of amides is 2. The highest BCUT2D eigenvalue weighted by molar-refractivity contribution is 5.92. The topological polar surface area (TPSA) is 111 Å². The fourth-order valence-electron chi connectivity index (χ4n) is 4.95. The van der Waals surface area contributed by atoms with Crippen LogP contribution in [-0.2, 0) is 27.3 Å². The molecule has 9 heteroatoms. The van der Waals surface area contributed by atoms with Crippen LogP contribution >= 0.6 is 0 Å². The number of hydrogen-bond donors (Lipinski definition) is 2. The van der Waals surface area contributed by atoms with Gasteiger partial charge in [0, 0.05) is 18.8 Å². The highest BCUT2D eigenvalue weighted by atomic mass is 16.5. The molecule has 40 heavy (non-hydrogen) atoms. The maximum atomic E-state index is 13.7. The second kappa shape index (κ2) is 11.7. The Morgan fingerprint density at radius 1 is 0.975 bits per heavy atom. The number of carbonyl (C=O) groups excluding carboxylic acids is 2. The van der Waals surface area contributed by atoms with Gasteiger partial charge < -0.3 is 15.4 Å². The van der Waals surface area contributed by atoms with Gasteiger partial charge in [-0.1, -0.05) is 36.4 Å². The Morgan fingerprint density at radius 2 is 1.75 bits per heavy atom. The molecule has 206 valence electrons. The van der Waals surface area contributed by atoms with Crippen LogP contribution in [0.5, 0.6) is 0 Å². The van der Waals surface area contributed by atoms with E-state index in [1.54, 1.807) is 48.5 Å². The molecule has 9 nitrogen and oxygen atoms in total. The van der Waals surface area contributed by atoms with Gasteiger partial charge in [0.05, 0.1) is 29.1 Å². The highest BCUT2D eigenvalue weighted by Crippen LogP contribution is 2.17. The second-order valence-electron chi connectivity index (χ2n) is 10.2. The van der Waals surface area contributed by atoms with Crippen molar-refractivity contribution in [3.63, 3.8) is 0 Å². The first-order valence-electron chi connectivity index (χ1n) is 13.4. The lowest BCUT2D eigenvalue weighted by molar-refractivity contribution is -0.121. The molecule has 0 aliphatic carbocycles. The van der Waals surface area contributed by atoms with Crippen molar-refractivity contribution in [3.8, 4) is 5.69 Å². The number of hydrogen-bond acceptors (Lipinski definition) is 5. The SMILES string of the molecule is Cc1ccc(C)c(NC(=O)Cn2c(=O)n(-c3ccc(CC(=O)NC[C@H]4CCCO4)cc3)c(=O)c3ccccc32)c1. The molecule has 0 saturated carbocycles. The minimum absolute atomic E-state index is 0.0659. The molecule has 1 fully saturated rings. The van der Waals surface area contributed by atoms with E-state index in [-0.39, 0.29) is 30.9 Å². The van der Waals surface area contributed by atoms with E-state index in [0.29, 0.717) is 28.8 Å². The van der Waals surface area contributed by atoms with E-state index in [0.717, 1.165) is 40.7 Å². The third-order valence-corrected chi connectivity index (χ3v) is 7.13. The lowest BCUT2D eigenvalue weighted by Crippen LogP contribution is -2.40. The zero-order chi connectivity index (χ0) is 28.2. The average molecular weight is 541 g/mol. The van der Waals surface area contributed by atoms with Gasteiger partial charge in [-0.2, -0.15) is 0 Å². The molecule has 2 N–H and O–H groups in total. The van der Waals surface area contributed by atoms with E-state index in [2.05, 4.69) is 10.6 Å². The number of benzene rings is 3. The zero-order valence-electron chi connectivity index (χ0n) is 22.6. The molecule has 2 amide bonds. The summed E-state index contributed by atoms with van der Waals surface area (Å²) in [6.07, 6.45) is 2.19. The lowest BCUT2D eigenvalue weighted by Gasteiger charge is -2.15. The summed E-state index contributed by atoms with van der Waals surface area (Å²) in [6.45, 7) is 4.78. The highest BCUT2D eigenvalue weighted by Gasteiger charge is 2.18. The third-order valence-electron chi connectivity index (χ3n) is 7.13. The maximum absolute atomic E-state index is 13.7. The summed E-state index contributed by atoms with van der Waals surface area (Å²) in [7, 11) is 0. The first kappa shape index (κ1) is 27.1. The Bertz CT molecular complexity index is 1680. The van der Waals surface area contributed by atoms with E-state index < -0.39 is 11.2 Å². The van der Waals surface area contributed by atoms with Crippen molar-refractivity contribution in [3.05, 3.63) is 104 Å². The standard InChI is InChI=1S/C31H32N4O5/c1-20-9-10-21(2)26(16-20)33-29(37)19-34-27-8-4-3-7-25(27)30(38)35(31(34)39)23-13-11-22(12-14-23)17-28(36)32-18-24-6-5-15-40-24/h3-4,7-14,16,24H,5-6,15,17-19H2,1-2H3,(H,32,36)(H,33,37)/t24-/m1/s1. The molecule has 4 aromatic rings. The van der Waals surface area contributed by atoms with Gasteiger partial charge in [-0.05, 0) is 73.7 Å². The van der Waals surface area contributed by atoms with Crippen molar-refractivity contribution in [1.29, 1.82) is 0 Å². The number of ether oxygens (including phenoxy) is 1. The van der Waals surface area contributed by atoms with E-state index in [1.807, 2.05) is 32.0 Å². The van der Waals surface area contributed by atoms with Crippen molar-refractivity contribution >= 4 is 28.4 Å². The molecular formula is C31H32N4O5. The first-order chi connectivity index (χ1) is 19.3. The molecule has 0 spiro atoms. The smallest absolute Gasteiger partial charge is 0.336 e. The molecule has 2 heterocycles. The van der Waals surface area contributed by atoms with Gasteiger partial charge in [-0.3, -0.25) is 19.0 Å². The van der Waals surface area contributed by atoms with Crippen molar-refractivity contribution in [1.82, 2.24) is 14.5 Å². The summed E-state index contributed by atoms with van der Waals surface area (Å²) in [5.41, 5.74) is 2.96. The molecule has 0 unspecified atom stereocenters. The lowest BCUT2D eigenvalue weighted by atomic mass is 10.1. The van der Waals surface area contributed by atoms with Crippen LogP contribution in [-0.4, -0.2) is 40.2 Å². The van der Waals surface area contributed by atoms with Crippen molar-refractivity contribution in [2.75, 3.05) is 18.5 Å². The van der Waals surface area contributed by atoms with Crippen molar-refractivity contribution in [2.45, 2.75) is 45.8 Å². The van der Waals surface area contributed by atoms with Gasteiger partial charge in [0.15, 0.2) is 0 Å². The Morgan fingerprint density at radius 3 is 2.50 bits per heavy atom. The Kier molecular flexibility index (Phi) is 7.93. The molecule has 1 aliphatic rings. The quantitative estimate of drug-likeness (QED) is 0.357. The number of fused-ring (bicyclic) bond motifs is 1. The molecule has 1 saturated heterocycles. The van der Waals surface area contributed by atoms with Crippen LogP contribution in [0.2, 0.25) is 0 Å².